The highest BCUT2D eigenvalue weighted by Gasteiger charge is 2.29. The quantitative estimate of drug-likeness (QED) is 0.790. The van der Waals surface area contributed by atoms with Crippen LogP contribution in [0.2, 0.25) is 0 Å². The van der Waals surface area contributed by atoms with E-state index in [9.17, 15) is 13.2 Å². The minimum absolute atomic E-state index is 0.268. The molecule has 0 spiro atoms. The lowest BCUT2D eigenvalue weighted by Crippen LogP contribution is -2.43. The molecule has 1 aliphatic rings. The number of ether oxygens (including phenoxy) is 1. The second-order valence-corrected chi connectivity index (χ2v) is 3.97. The molecule has 0 aromatic heterocycles. The maximum atomic E-state index is 11.7. The van der Waals surface area contributed by atoms with Crippen LogP contribution in [0.15, 0.2) is 0 Å². The zero-order valence-electron chi connectivity index (χ0n) is 9.52. The zero-order valence-corrected chi connectivity index (χ0v) is 9.52. The Bertz CT molecular complexity index is 191. The molecule has 0 unspecified atom stereocenters. The van der Waals surface area contributed by atoms with Gasteiger partial charge >= 0.3 is 6.36 Å². The number of nitrogens with zero attached hydrogens (tertiary/aromatic N) is 1. The molecular formula is C10H19F3N2O. The van der Waals surface area contributed by atoms with Crippen LogP contribution in [-0.4, -0.2) is 50.1 Å². The van der Waals surface area contributed by atoms with E-state index in [1.807, 2.05) is 4.90 Å². The van der Waals surface area contributed by atoms with Crippen molar-refractivity contribution in [3.63, 3.8) is 0 Å². The molecule has 0 aromatic carbocycles. The minimum Gasteiger partial charge on any atom is -0.314 e. The largest absolute Gasteiger partial charge is 0.522 e. The van der Waals surface area contributed by atoms with E-state index in [1.165, 1.54) is 0 Å². The number of likely N-dealkylation sites (tertiary alicyclic amines) is 1. The first-order valence-electron chi connectivity index (χ1n) is 5.67. The standard InChI is InChI=1S/C10H19F3N2O/c1-2-14-9-3-5-15(6-4-9)7-8-16-10(11,12)13/h9,14H,2-8H2,1H3. The van der Waals surface area contributed by atoms with E-state index in [-0.39, 0.29) is 6.61 Å². The summed E-state index contributed by atoms with van der Waals surface area (Å²) in [5.74, 6) is 0. The number of nitrogens with one attached hydrogen (secondary N) is 1. The van der Waals surface area contributed by atoms with Gasteiger partial charge in [-0.05, 0) is 32.5 Å². The van der Waals surface area contributed by atoms with Gasteiger partial charge in [-0.15, -0.1) is 13.2 Å². The highest BCUT2D eigenvalue weighted by Crippen LogP contribution is 2.16. The maximum Gasteiger partial charge on any atom is 0.522 e. The lowest BCUT2D eigenvalue weighted by molar-refractivity contribution is -0.325. The topological polar surface area (TPSA) is 24.5 Å². The molecule has 0 aromatic rings. The van der Waals surface area contributed by atoms with Gasteiger partial charge in [0, 0.05) is 12.6 Å². The molecule has 1 N–H and O–H groups in total. The average Bonchev–Trinajstić information content (AvgIpc) is 2.19. The molecule has 6 heteroatoms. The van der Waals surface area contributed by atoms with Gasteiger partial charge in [0.05, 0.1) is 6.61 Å². The highest BCUT2D eigenvalue weighted by atomic mass is 19.4. The lowest BCUT2D eigenvalue weighted by atomic mass is 10.1. The van der Waals surface area contributed by atoms with Crippen molar-refractivity contribution in [1.82, 2.24) is 10.2 Å². The molecule has 0 saturated carbocycles. The molecule has 1 heterocycles. The molecule has 0 atom stereocenters. The summed E-state index contributed by atoms with van der Waals surface area (Å²) in [6.07, 6.45) is -2.50. The molecule has 1 saturated heterocycles. The van der Waals surface area contributed by atoms with Crippen LogP contribution in [0.1, 0.15) is 19.8 Å². The Morgan fingerprint density at radius 2 is 1.94 bits per heavy atom. The second-order valence-electron chi connectivity index (χ2n) is 3.97. The molecule has 1 fully saturated rings. The van der Waals surface area contributed by atoms with Crippen molar-refractivity contribution in [2.45, 2.75) is 32.2 Å². The van der Waals surface area contributed by atoms with Crippen LogP contribution in [0.25, 0.3) is 0 Å². The van der Waals surface area contributed by atoms with Gasteiger partial charge in [-0.1, -0.05) is 6.92 Å². The summed E-state index contributed by atoms with van der Waals surface area (Å²) in [7, 11) is 0. The van der Waals surface area contributed by atoms with E-state index in [2.05, 4.69) is 17.0 Å². The lowest BCUT2D eigenvalue weighted by Gasteiger charge is -2.32. The number of hydrogen-bond acceptors (Lipinski definition) is 3. The monoisotopic (exact) mass is 240 g/mol. The first-order chi connectivity index (χ1) is 7.51. The van der Waals surface area contributed by atoms with E-state index in [1.54, 1.807) is 0 Å². The van der Waals surface area contributed by atoms with Crippen molar-refractivity contribution in [2.75, 3.05) is 32.8 Å². The Morgan fingerprint density at radius 3 is 2.44 bits per heavy atom. The van der Waals surface area contributed by atoms with Crippen molar-refractivity contribution in [2.24, 2.45) is 0 Å². The van der Waals surface area contributed by atoms with Gasteiger partial charge in [0.15, 0.2) is 0 Å². The van der Waals surface area contributed by atoms with Gasteiger partial charge in [-0.2, -0.15) is 0 Å². The first kappa shape index (κ1) is 13.7. The van der Waals surface area contributed by atoms with Crippen molar-refractivity contribution in [3.05, 3.63) is 0 Å². The van der Waals surface area contributed by atoms with Crippen LogP contribution >= 0.6 is 0 Å². The van der Waals surface area contributed by atoms with E-state index < -0.39 is 6.36 Å². The molecule has 96 valence electrons. The molecule has 0 aliphatic carbocycles. The van der Waals surface area contributed by atoms with Crippen molar-refractivity contribution in [1.29, 1.82) is 0 Å². The third-order valence-corrected chi connectivity index (χ3v) is 2.75. The van der Waals surface area contributed by atoms with Crippen molar-refractivity contribution >= 4 is 0 Å². The Balaban J connectivity index is 2.08. The predicted molar refractivity (Wildman–Crippen MR) is 55.1 cm³/mol. The van der Waals surface area contributed by atoms with E-state index in [4.69, 9.17) is 0 Å². The summed E-state index contributed by atoms with van der Waals surface area (Å²) in [6.45, 7) is 4.79. The summed E-state index contributed by atoms with van der Waals surface area (Å²) in [4.78, 5) is 2.01. The van der Waals surface area contributed by atoms with Gasteiger partial charge in [0.1, 0.15) is 0 Å². The number of rotatable bonds is 5. The Kier molecular flexibility index (Phi) is 5.51. The molecule has 0 bridgehead atoms. The third-order valence-electron chi connectivity index (χ3n) is 2.75. The molecule has 1 rings (SSSR count). The predicted octanol–water partition coefficient (Wildman–Crippen LogP) is 1.60. The van der Waals surface area contributed by atoms with E-state index in [0.717, 1.165) is 32.5 Å². The number of halogens is 3. The Morgan fingerprint density at radius 1 is 1.31 bits per heavy atom. The summed E-state index contributed by atoms with van der Waals surface area (Å²) in [5, 5.41) is 3.35. The number of hydrogen-bond donors (Lipinski definition) is 1. The minimum atomic E-state index is -4.50. The van der Waals surface area contributed by atoms with Gasteiger partial charge in [-0.25, -0.2) is 0 Å². The van der Waals surface area contributed by atoms with Gasteiger partial charge < -0.3 is 10.2 Å². The van der Waals surface area contributed by atoms with Crippen LogP contribution in [0.4, 0.5) is 13.2 Å². The molecule has 16 heavy (non-hydrogen) atoms. The normalized spacial score (nSPS) is 20.2. The van der Waals surface area contributed by atoms with Crippen molar-refractivity contribution < 1.29 is 17.9 Å². The fourth-order valence-corrected chi connectivity index (χ4v) is 1.94. The fraction of sp³-hybridized carbons (Fsp3) is 1.00. The molecule has 3 nitrogen and oxygen atoms in total. The SMILES string of the molecule is CCNC1CCN(CCOC(F)(F)F)CC1. The average molecular weight is 240 g/mol. The second kappa shape index (κ2) is 6.42. The van der Waals surface area contributed by atoms with Crippen LogP contribution in [-0.2, 0) is 4.74 Å². The highest BCUT2D eigenvalue weighted by molar-refractivity contribution is 4.76. The molecule has 0 amide bonds. The Hall–Kier alpha value is -0.330. The van der Waals surface area contributed by atoms with Gasteiger partial charge in [0.25, 0.3) is 0 Å². The van der Waals surface area contributed by atoms with Crippen molar-refractivity contribution in [3.8, 4) is 0 Å². The third kappa shape index (κ3) is 5.67. The summed E-state index contributed by atoms with van der Waals surface area (Å²) in [5.41, 5.74) is 0. The summed E-state index contributed by atoms with van der Waals surface area (Å²) in [6, 6.07) is 0.518. The van der Waals surface area contributed by atoms with E-state index in [0.29, 0.717) is 12.6 Å². The van der Waals surface area contributed by atoms with Gasteiger partial charge in [-0.3, -0.25) is 4.74 Å². The maximum absolute atomic E-state index is 11.7. The molecule has 1 aliphatic heterocycles. The summed E-state index contributed by atoms with van der Waals surface area (Å²) >= 11 is 0. The smallest absolute Gasteiger partial charge is 0.314 e. The summed E-state index contributed by atoms with van der Waals surface area (Å²) < 4.78 is 38.9. The molecular weight excluding hydrogens is 221 g/mol. The van der Waals surface area contributed by atoms with Crippen LogP contribution < -0.4 is 5.32 Å². The Labute approximate surface area is 93.9 Å². The number of piperidine rings is 1. The molecule has 0 radical (unpaired) electrons. The zero-order chi connectivity index (χ0) is 12.0. The fourth-order valence-electron chi connectivity index (χ4n) is 1.94. The van der Waals surface area contributed by atoms with Crippen LogP contribution in [0.5, 0.6) is 0 Å². The van der Waals surface area contributed by atoms with Crippen LogP contribution in [0.3, 0.4) is 0 Å². The first-order valence-corrected chi connectivity index (χ1v) is 5.67. The van der Waals surface area contributed by atoms with Crippen LogP contribution in [0, 0.1) is 0 Å². The van der Waals surface area contributed by atoms with Gasteiger partial charge in [0.2, 0.25) is 0 Å². The number of alkyl halides is 3. The van der Waals surface area contributed by atoms with E-state index >= 15 is 0 Å².